The lowest BCUT2D eigenvalue weighted by Crippen LogP contribution is -2.22. The van der Waals surface area contributed by atoms with E-state index in [0.29, 0.717) is 0 Å². The van der Waals surface area contributed by atoms with Gasteiger partial charge in [-0.2, -0.15) is 0 Å². The van der Waals surface area contributed by atoms with Gasteiger partial charge in [0, 0.05) is 16.6 Å². The summed E-state index contributed by atoms with van der Waals surface area (Å²) < 4.78 is 2.67. The number of anilines is 1. The molecule has 1 heterocycles. The molecule has 0 unspecified atom stereocenters. The maximum absolute atomic E-state index is 12.4. The molecule has 3 aromatic rings. The van der Waals surface area contributed by atoms with Crippen LogP contribution in [-0.4, -0.2) is 15.7 Å². The van der Waals surface area contributed by atoms with Crippen molar-refractivity contribution in [3.63, 3.8) is 0 Å². The van der Waals surface area contributed by atoms with Gasteiger partial charge in [0.15, 0.2) is 0 Å². The van der Waals surface area contributed by atoms with Crippen molar-refractivity contribution >= 4 is 44.9 Å². The van der Waals surface area contributed by atoms with E-state index in [4.69, 9.17) is 0 Å². The Hall–Kier alpha value is -2.05. The van der Waals surface area contributed by atoms with Gasteiger partial charge < -0.3 is 5.32 Å². The lowest BCUT2D eigenvalue weighted by molar-refractivity contribution is -0.115. The lowest BCUT2D eigenvalue weighted by atomic mass is 10.2. The summed E-state index contributed by atoms with van der Waals surface area (Å²) in [6.45, 7) is 5.87. The molecular formula is C19H20N2O2S2. The number of benzene rings is 2. The molecule has 1 N–H and O–H groups in total. The smallest absolute Gasteiger partial charge is 0.308 e. The average molecular weight is 373 g/mol. The maximum atomic E-state index is 12.4. The third-order valence-electron chi connectivity index (χ3n) is 3.82. The molecule has 1 atom stereocenters. The number of aromatic nitrogens is 1. The molecule has 0 fully saturated rings. The van der Waals surface area contributed by atoms with Gasteiger partial charge in [-0.15, -0.1) is 11.8 Å². The topological polar surface area (TPSA) is 51.1 Å². The van der Waals surface area contributed by atoms with Gasteiger partial charge in [0.1, 0.15) is 0 Å². The lowest BCUT2D eigenvalue weighted by Gasteiger charge is -2.12. The Morgan fingerprint density at radius 2 is 1.84 bits per heavy atom. The molecular weight excluding hydrogens is 352 g/mol. The van der Waals surface area contributed by atoms with E-state index in [-0.39, 0.29) is 22.1 Å². The Kier molecular flexibility index (Phi) is 5.30. The highest BCUT2D eigenvalue weighted by molar-refractivity contribution is 8.00. The zero-order valence-corrected chi connectivity index (χ0v) is 16.0. The standard InChI is InChI=1S/C19H20N2O2S2/c1-12(2)21-16-10-9-14(11-17(16)25-19(21)23)20-18(22)13(3)24-15-7-5-4-6-8-15/h4-13H,1-3H3,(H,20,22)/t13-/m0/s1. The van der Waals surface area contributed by atoms with Gasteiger partial charge in [-0.05, 0) is 51.1 Å². The second-order valence-corrected chi connectivity index (χ2v) is 8.48. The third-order valence-corrected chi connectivity index (χ3v) is 5.85. The van der Waals surface area contributed by atoms with E-state index in [2.05, 4.69) is 5.32 Å². The van der Waals surface area contributed by atoms with Crippen LogP contribution < -0.4 is 10.2 Å². The zero-order chi connectivity index (χ0) is 18.0. The van der Waals surface area contributed by atoms with Gasteiger partial charge >= 0.3 is 4.87 Å². The monoisotopic (exact) mass is 372 g/mol. The summed E-state index contributed by atoms with van der Waals surface area (Å²) in [6.07, 6.45) is 0. The van der Waals surface area contributed by atoms with Crippen LogP contribution in [0.25, 0.3) is 10.2 Å². The van der Waals surface area contributed by atoms with Gasteiger partial charge in [0.25, 0.3) is 0 Å². The molecule has 25 heavy (non-hydrogen) atoms. The van der Waals surface area contributed by atoms with Gasteiger partial charge in [0.2, 0.25) is 5.91 Å². The van der Waals surface area contributed by atoms with Crippen LogP contribution in [0.4, 0.5) is 5.69 Å². The van der Waals surface area contributed by atoms with E-state index in [0.717, 1.165) is 20.8 Å². The molecule has 3 rings (SSSR count). The Morgan fingerprint density at radius 1 is 1.12 bits per heavy atom. The van der Waals surface area contributed by atoms with Crippen molar-refractivity contribution in [2.45, 2.75) is 37.0 Å². The Balaban J connectivity index is 1.76. The number of nitrogens with one attached hydrogen (secondary N) is 1. The number of rotatable bonds is 5. The molecule has 0 spiro atoms. The fourth-order valence-corrected chi connectivity index (χ4v) is 4.54. The predicted molar refractivity (Wildman–Crippen MR) is 107 cm³/mol. The molecule has 4 nitrogen and oxygen atoms in total. The molecule has 6 heteroatoms. The molecule has 2 aromatic carbocycles. The van der Waals surface area contributed by atoms with Crippen LogP contribution in [0.1, 0.15) is 26.8 Å². The first-order chi connectivity index (χ1) is 12.0. The van der Waals surface area contributed by atoms with Crippen LogP contribution in [0, 0.1) is 0 Å². The number of fused-ring (bicyclic) bond motifs is 1. The highest BCUT2D eigenvalue weighted by Gasteiger charge is 2.16. The van der Waals surface area contributed by atoms with Crippen LogP contribution in [0.5, 0.6) is 0 Å². The van der Waals surface area contributed by atoms with Gasteiger partial charge in [-0.25, -0.2) is 0 Å². The molecule has 1 aromatic heterocycles. The van der Waals surface area contributed by atoms with E-state index >= 15 is 0 Å². The highest BCUT2D eigenvalue weighted by Crippen LogP contribution is 2.26. The molecule has 0 saturated carbocycles. The van der Waals surface area contributed by atoms with Gasteiger partial charge in [-0.1, -0.05) is 29.5 Å². The molecule has 0 radical (unpaired) electrons. The summed E-state index contributed by atoms with van der Waals surface area (Å²) in [5.74, 6) is -0.0520. The van der Waals surface area contributed by atoms with Gasteiger partial charge in [-0.3, -0.25) is 14.2 Å². The van der Waals surface area contributed by atoms with Crippen LogP contribution in [-0.2, 0) is 4.79 Å². The van der Waals surface area contributed by atoms with Crippen molar-refractivity contribution in [1.82, 2.24) is 4.57 Å². The Bertz CT molecular complexity index is 945. The number of thiazole rings is 1. The SMILES string of the molecule is CC(C)n1c(=O)sc2cc(NC(=O)[C@H](C)Sc3ccccc3)ccc21. The number of hydrogen-bond donors (Lipinski definition) is 1. The minimum Gasteiger partial charge on any atom is -0.325 e. The van der Waals surface area contributed by atoms with E-state index in [9.17, 15) is 9.59 Å². The van der Waals surface area contributed by atoms with E-state index in [1.807, 2.05) is 69.3 Å². The summed E-state index contributed by atoms with van der Waals surface area (Å²) in [7, 11) is 0. The van der Waals surface area contributed by atoms with Crippen molar-refractivity contribution in [2.24, 2.45) is 0 Å². The summed E-state index contributed by atoms with van der Waals surface area (Å²) in [5, 5.41) is 2.74. The fourth-order valence-electron chi connectivity index (χ4n) is 2.60. The molecule has 0 saturated heterocycles. The minimum atomic E-state index is -0.211. The van der Waals surface area contributed by atoms with Crippen molar-refractivity contribution in [1.29, 1.82) is 0 Å². The van der Waals surface area contributed by atoms with Crippen molar-refractivity contribution < 1.29 is 4.79 Å². The fraction of sp³-hybridized carbons (Fsp3) is 0.263. The summed E-state index contributed by atoms with van der Waals surface area (Å²) in [6, 6.07) is 15.6. The zero-order valence-electron chi connectivity index (χ0n) is 14.4. The number of thioether (sulfide) groups is 1. The highest BCUT2D eigenvalue weighted by atomic mass is 32.2. The summed E-state index contributed by atoms with van der Waals surface area (Å²) in [4.78, 5) is 25.6. The molecule has 0 aliphatic carbocycles. The first kappa shape index (κ1) is 17.8. The predicted octanol–water partition coefficient (Wildman–Crippen LogP) is 4.76. The van der Waals surface area contributed by atoms with Crippen molar-refractivity contribution in [3.05, 3.63) is 58.2 Å². The molecule has 130 valence electrons. The quantitative estimate of drug-likeness (QED) is 0.657. The first-order valence-corrected chi connectivity index (χ1v) is 9.83. The van der Waals surface area contributed by atoms with Crippen LogP contribution in [0.15, 0.2) is 58.2 Å². The van der Waals surface area contributed by atoms with Crippen LogP contribution in [0.2, 0.25) is 0 Å². The normalized spacial score (nSPS) is 12.5. The number of carbonyl (C=O) groups is 1. The third kappa shape index (κ3) is 3.96. The summed E-state index contributed by atoms with van der Waals surface area (Å²) >= 11 is 2.73. The summed E-state index contributed by atoms with van der Waals surface area (Å²) in [5.41, 5.74) is 1.63. The largest absolute Gasteiger partial charge is 0.325 e. The van der Waals surface area contributed by atoms with Crippen molar-refractivity contribution in [3.8, 4) is 0 Å². The number of amides is 1. The average Bonchev–Trinajstić information content (AvgIpc) is 2.90. The van der Waals surface area contributed by atoms with Crippen LogP contribution >= 0.6 is 23.1 Å². The maximum Gasteiger partial charge on any atom is 0.308 e. The second-order valence-electron chi connectivity index (χ2n) is 6.08. The van der Waals surface area contributed by atoms with E-state index < -0.39 is 0 Å². The second kappa shape index (κ2) is 7.45. The van der Waals surface area contributed by atoms with Crippen LogP contribution in [0.3, 0.4) is 0 Å². The first-order valence-electron chi connectivity index (χ1n) is 8.13. The van der Waals surface area contributed by atoms with E-state index in [1.54, 1.807) is 4.57 Å². The minimum absolute atomic E-state index is 0.0291. The van der Waals surface area contributed by atoms with E-state index in [1.165, 1.54) is 23.1 Å². The molecule has 0 aliphatic rings. The molecule has 0 aliphatic heterocycles. The van der Waals surface area contributed by atoms with Gasteiger partial charge in [0.05, 0.1) is 15.5 Å². The van der Waals surface area contributed by atoms with Crippen molar-refractivity contribution in [2.75, 3.05) is 5.32 Å². The molecule has 1 amide bonds. The number of nitrogens with zero attached hydrogens (tertiary/aromatic N) is 1. The Labute approximate surface area is 154 Å². The Morgan fingerprint density at radius 3 is 2.52 bits per heavy atom. The molecule has 0 bridgehead atoms. The number of hydrogen-bond acceptors (Lipinski definition) is 4. The number of carbonyl (C=O) groups excluding carboxylic acids is 1.